The zero-order valence-corrected chi connectivity index (χ0v) is 11.0. The number of nitrogens with zero attached hydrogens (tertiary/aromatic N) is 2. The first-order valence-corrected chi connectivity index (χ1v) is 6.09. The molecule has 0 aromatic carbocycles. The van der Waals surface area contributed by atoms with Gasteiger partial charge in [0.05, 0.1) is 6.20 Å². The molecule has 17 heavy (non-hydrogen) atoms. The summed E-state index contributed by atoms with van der Waals surface area (Å²) in [7, 11) is 1.71. The second-order valence-electron chi connectivity index (χ2n) is 4.11. The molecule has 1 aromatic rings. The van der Waals surface area contributed by atoms with Crippen LogP contribution >= 0.6 is 0 Å². The van der Waals surface area contributed by atoms with Crippen molar-refractivity contribution in [3.63, 3.8) is 0 Å². The third-order valence-electron chi connectivity index (χ3n) is 3.38. The lowest BCUT2D eigenvalue weighted by atomic mass is 9.90. The Morgan fingerprint density at radius 2 is 1.82 bits per heavy atom. The van der Waals surface area contributed by atoms with E-state index in [9.17, 15) is 4.39 Å². The van der Waals surface area contributed by atoms with Gasteiger partial charge in [-0.25, -0.2) is 9.37 Å². The molecule has 2 N–H and O–H groups in total. The number of hydrogen-bond donors (Lipinski definition) is 2. The van der Waals surface area contributed by atoms with Gasteiger partial charge in [-0.15, -0.1) is 0 Å². The largest absolute Gasteiger partial charge is 0.362 e. The number of rotatable bonds is 6. The molecule has 1 rings (SSSR count). The molecule has 0 aliphatic carbocycles. The van der Waals surface area contributed by atoms with Gasteiger partial charge in [0.2, 0.25) is 5.95 Å². The van der Waals surface area contributed by atoms with Gasteiger partial charge in [-0.2, -0.15) is 4.98 Å². The summed E-state index contributed by atoms with van der Waals surface area (Å²) in [6.45, 7) is 6.29. The van der Waals surface area contributed by atoms with E-state index in [1.54, 1.807) is 7.05 Å². The molecule has 5 heteroatoms. The van der Waals surface area contributed by atoms with E-state index in [0.717, 1.165) is 19.3 Å². The molecule has 0 saturated carbocycles. The Balaban J connectivity index is 2.99. The SMILES string of the molecule is CCC(CC)(CC)Nc1nc(NC)ncc1F. The average molecular weight is 240 g/mol. The molecule has 0 unspecified atom stereocenters. The summed E-state index contributed by atoms with van der Waals surface area (Å²) < 4.78 is 13.6. The van der Waals surface area contributed by atoms with Crippen molar-refractivity contribution in [2.24, 2.45) is 0 Å². The van der Waals surface area contributed by atoms with E-state index in [0.29, 0.717) is 5.95 Å². The molecule has 96 valence electrons. The summed E-state index contributed by atoms with van der Waals surface area (Å²) >= 11 is 0. The normalized spacial score (nSPS) is 11.4. The Morgan fingerprint density at radius 1 is 1.24 bits per heavy atom. The molecule has 0 aliphatic rings. The fourth-order valence-corrected chi connectivity index (χ4v) is 1.84. The molecule has 0 atom stereocenters. The molecular weight excluding hydrogens is 219 g/mol. The van der Waals surface area contributed by atoms with Gasteiger partial charge >= 0.3 is 0 Å². The standard InChI is InChI=1S/C12H21FN4/c1-5-12(6-2,7-3)17-10-9(13)8-15-11(14-4)16-10/h8H,5-7H2,1-4H3,(H2,14,15,16,17). The van der Waals surface area contributed by atoms with Crippen LogP contribution in [-0.4, -0.2) is 22.6 Å². The average Bonchev–Trinajstić information content (AvgIpc) is 2.38. The van der Waals surface area contributed by atoms with Crippen molar-refractivity contribution in [3.8, 4) is 0 Å². The summed E-state index contributed by atoms with van der Waals surface area (Å²) in [4.78, 5) is 7.94. The number of aromatic nitrogens is 2. The summed E-state index contributed by atoms with van der Waals surface area (Å²) in [5, 5.41) is 6.02. The minimum atomic E-state index is -0.413. The highest BCUT2D eigenvalue weighted by Gasteiger charge is 2.25. The van der Waals surface area contributed by atoms with E-state index in [1.165, 1.54) is 6.20 Å². The molecule has 4 nitrogen and oxygen atoms in total. The number of nitrogens with one attached hydrogen (secondary N) is 2. The van der Waals surface area contributed by atoms with Crippen LogP contribution in [0, 0.1) is 5.82 Å². The van der Waals surface area contributed by atoms with Crippen molar-refractivity contribution >= 4 is 11.8 Å². The van der Waals surface area contributed by atoms with Crippen molar-refractivity contribution in [2.75, 3.05) is 17.7 Å². The lowest BCUT2D eigenvalue weighted by molar-refractivity contribution is 0.415. The third-order valence-corrected chi connectivity index (χ3v) is 3.38. The van der Waals surface area contributed by atoms with Gasteiger partial charge in [-0.05, 0) is 19.3 Å². The van der Waals surface area contributed by atoms with Gasteiger partial charge in [0.15, 0.2) is 11.6 Å². The van der Waals surface area contributed by atoms with Crippen LogP contribution in [0.5, 0.6) is 0 Å². The molecule has 1 aromatic heterocycles. The fraction of sp³-hybridized carbons (Fsp3) is 0.667. The predicted molar refractivity (Wildman–Crippen MR) is 68.8 cm³/mol. The molecule has 1 heterocycles. The first-order valence-electron chi connectivity index (χ1n) is 6.09. The number of hydrogen-bond acceptors (Lipinski definition) is 4. The molecule has 0 amide bonds. The highest BCUT2D eigenvalue weighted by Crippen LogP contribution is 2.26. The summed E-state index contributed by atoms with van der Waals surface area (Å²) in [5.41, 5.74) is -0.0970. The Labute approximate surface area is 102 Å². The van der Waals surface area contributed by atoms with Gasteiger partial charge in [0.1, 0.15) is 0 Å². The summed E-state index contributed by atoms with van der Waals surface area (Å²) in [6, 6.07) is 0. The molecule has 0 radical (unpaired) electrons. The highest BCUT2D eigenvalue weighted by molar-refractivity contribution is 5.43. The minimum absolute atomic E-state index is 0.0970. The zero-order valence-electron chi connectivity index (χ0n) is 11.0. The van der Waals surface area contributed by atoms with Crippen LogP contribution in [0.2, 0.25) is 0 Å². The van der Waals surface area contributed by atoms with Crippen LogP contribution in [0.4, 0.5) is 16.2 Å². The lowest BCUT2D eigenvalue weighted by Gasteiger charge is -2.32. The minimum Gasteiger partial charge on any atom is -0.362 e. The van der Waals surface area contributed by atoms with Crippen LogP contribution < -0.4 is 10.6 Å². The first-order chi connectivity index (χ1) is 8.10. The topological polar surface area (TPSA) is 49.8 Å². The summed E-state index contributed by atoms with van der Waals surface area (Å²) in [5.74, 6) is 0.282. The van der Waals surface area contributed by atoms with Gasteiger partial charge in [-0.3, -0.25) is 0 Å². The summed E-state index contributed by atoms with van der Waals surface area (Å²) in [6.07, 6.45) is 3.97. The number of anilines is 2. The van der Waals surface area contributed by atoms with E-state index < -0.39 is 5.82 Å². The maximum atomic E-state index is 13.6. The lowest BCUT2D eigenvalue weighted by Crippen LogP contribution is -2.37. The quantitative estimate of drug-likeness (QED) is 0.802. The van der Waals surface area contributed by atoms with E-state index in [-0.39, 0.29) is 11.4 Å². The maximum absolute atomic E-state index is 13.6. The number of halogens is 1. The van der Waals surface area contributed by atoms with Gasteiger partial charge < -0.3 is 10.6 Å². The van der Waals surface area contributed by atoms with Crippen LogP contribution in [0.3, 0.4) is 0 Å². The Morgan fingerprint density at radius 3 is 2.29 bits per heavy atom. The molecule has 0 saturated heterocycles. The van der Waals surface area contributed by atoms with Crippen molar-refractivity contribution in [1.29, 1.82) is 0 Å². The van der Waals surface area contributed by atoms with Crippen molar-refractivity contribution in [3.05, 3.63) is 12.0 Å². The first kappa shape index (κ1) is 13.7. The Kier molecular flexibility index (Phi) is 4.66. The van der Waals surface area contributed by atoms with E-state index in [1.807, 2.05) is 0 Å². The van der Waals surface area contributed by atoms with Crippen LogP contribution in [0.1, 0.15) is 40.0 Å². The Bertz CT molecular complexity index is 355. The van der Waals surface area contributed by atoms with Crippen LogP contribution in [0.15, 0.2) is 6.20 Å². The molecule has 0 bridgehead atoms. The maximum Gasteiger partial charge on any atom is 0.224 e. The second kappa shape index (κ2) is 5.80. The molecule has 0 spiro atoms. The third kappa shape index (κ3) is 3.05. The van der Waals surface area contributed by atoms with E-state index >= 15 is 0 Å². The van der Waals surface area contributed by atoms with Crippen molar-refractivity contribution in [2.45, 2.75) is 45.6 Å². The van der Waals surface area contributed by atoms with Crippen molar-refractivity contribution in [1.82, 2.24) is 9.97 Å². The molecule has 0 aliphatic heterocycles. The van der Waals surface area contributed by atoms with Crippen LogP contribution in [0.25, 0.3) is 0 Å². The van der Waals surface area contributed by atoms with Crippen molar-refractivity contribution < 1.29 is 4.39 Å². The Hall–Kier alpha value is -1.39. The smallest absolute Gasteiger partial charge is 0.224 e. The van der Waals surface area contributed by atoms with Crippen LogP contribution in [-0.2, 0) is 0 Å². The molecular formula is C12H21FN4. The van der Waals surface area contributed by atoms with Gasteiger partial charge in [0, 0.05) is 12.6 Å². The van der Waals surface area contributed by atoms with Gasteiger partial charge in [-0.1, -0.05) is 20.8 Å². The zero-order chi connectivity index (χ0) is 12.9. The second-order valence-corrected chi connectivity index (χ2v) is 4.11. The van der Waals surface area contributed by atoms with E-state index in [2.05, 4.69) is 41.4 Å². The fourth-order valence-electron chi connectivity index (χ4n) is 1.84. The predicted octanol–water partition coefficient (Wildman–Crippen LogP) is 3.04. The highest BCUT2D eigenvalue weighted by atomic mass is 19.1. The van der Waals surface area contributed by atoms with E-state index in [4.69, 9.17) is 0 Å². The monoisotopic (exact) mass is 240 g/mol. The molecule has 0 fully saturated rings. The van der Waals surface area contributed by atoms with Gasteiger partial charge in [0.25, 0.3) is 0 Å².